The molecule has 0 amide bonds. The molecule has 4 nitrogen and oxygen atoms in total. The first-order valence-corrected chi connectivity index (χ1v) is 12.6. The zero-order valence-electron chi connectivity index (χ0n) is 17.8. The third-order valence-corrected chi connectivity index (χ3v) is 5.43. The summed E-state index contributed by atoms with van der Waals surface area (Å²) in [6.07, 6.45) is 23.9. The van der Waals surface area contributed by atoms with E-state index in [9.17, 15) is 8.42 Å². The van der Waals surface area contributed by atoms with Gasteiger partial charge in [-0.05, 0) is 19.3 Å². The highest BCUT2D eigenvalue weighted by atomic mass is 32.3. The van der Waals surface area contributed by atoms with Gasteiger partial charge in [0.15, 0.2) is 0 Å². The molecule has 0 saturated carbocycles. The van der Waals surface area contributed by atoms with Gasteiger partial charge in [-0.25, -0.2) is 4.18 Å². The molecule has 0 aliphatic heterocycles. The molecule has 1 atom stereocenters. The molecule has 1 N–H and O–H groups in total. The third-order valence-electron chi connectivity index (χ3n) is 4.99. The fraction of sp³-hybridized carbons (Fsp3) is 0.909. The second kappa shape index (κ2) is 18.9. The van der Waals surface area contributed by atoms with Crippen molar-refractivity contribution in [3.05, 3.63) is 12.2 Å². The Morgan fingerprint density at radius 1 is 0.778 bits per heavy atom. The van der Waals surface area contributed by atoms with Gasteiger partial charge in [0.05, 0.1) is 6.61 Å². The van der Waals surface area contributed by atoms with Crippen LogP contribution in [-0.4, -0.2) is 19.6 Å². The molecule has 5 heteroatoms. The van der Waals surface area contributed by atoms with E-state index in [2.05, 4.69) is 30.2 Å². The molecule has 0 saturated heterocycles. The van der Waals surface area contributed by atoms with Crippen molar-refractivity contribution in [2.24, 2.45) is 5.92 Å². The average molecular weight is 405 g/mol. The molecule has 0 heterocycles. The lowest BCUT2D eigenvalue weighted by Gasteiger charge is -2.12. The monoisotopic (exact) mass is 404 g/mol. The zero-order valence-corrected chi connectivity index (χ0v) is 18.6. The summed E-state index contributed by atoms with van der Waals surface area (Å²) < 4.78 is 35.1. The minimum Gasteiger partial charge on any atom is -0.264 e. The fourth-order valence-corrected chi connectivity index (χ4v) is 3.63. The lowest BCUT2D eigenvalue weighted by molar-refractivity contribution is 0.234. The number of hydrogen-bond donors (Lipinski definition) is 1. The predicted molar refractivity (Wildman–Crippen MR) is 115 cm³/mol. The van der Waals surface area contributed by atoms with Gasteiger partial charge in [0, 0.05) is 5.92 Å². The van der Waals surface area contributed by atoms with E-state index in [-0.39, 0.29) is 12.5 Å². The van der Waals surface area contributed by atoms with E-state index in [4.69, 9.17) is 4.55 Å². The Bertz CT molecular complexity index is 432. The van der Waals surface area contributed by atoms with Gasteiger partial charge in [0.2, 0.25) is 0 Å². The number of hydrogen-bond acceptors (Lipinski definition) is 3. The van der Waals surface area contributed by atoms with E-state index < -0.39 is 10.4 Å². The Hall–Kier alpha value is -0.390. The summed E-state index contributed by atoms with van der Waals surface area (Å²) in [4.78, 5) is 0. The normalized spacial score (nSPS) is 13.4. The van der Waals surface area contributed by atoms with Crippen molar-refractivity contribution in [3.8, 4) is 0 Å². The smallest absolute Gasteiger partial charge is 0.264 e. The van der Waals surface area contributed by atoms with E-state index in [0.29, 0.717) is 0 Å². The van der Waals surface area contributed by atoms with Crippen molar-refractivity contribution in [1.29, 1.82) is 0 Å². The van der Waals surface area contributed by atoms with Crippen molar-refractivity contribution in [1.82, 2.24) is 0 Å². The van der Waals surface area contributed by atoms with Gasteiger partial charge < -0.3 is 0 Å². The van der Waals surface area contributed by atoms with Crippen LogP contribution in [-0.2, 0) is 14.6 Å². The molecular formula is C22H44O4S. The van der Waals surface area contributed by atoms with Crippen LogP contribution in [0, 0.1) is 5.92 Å². The highest BCUT2D eigenvalue weighted by molar-refractivity contribution is 7.80. The van der Waals surface area contributed by atoms with Gasteiger partial charge in [-0.2, -0.15) is 8.42 Å². The summed E-state index contributed by atoms with van der Waals surface area (Å²) in [5, 5.41) is 0. The summed E-state index contributed by atoms with van der Waals surface area (Å²) in [5.74, 6) is 0.0621. The van der Waals surface area contributed by atoms with Crippen molar-refractivity contribution in [2.45, 2.75) is 117 Å². The first kappa shape index (κ1) is 26.6. The molecule has 0 bridgehead atoms. The van der Waals surface area contributed by atoms with Gasteiger partial charge in [0.25, 0.3) is 0 Å². The van der Waals surface area contributed by atoms with Crippen molar-refractivity contribution in [2.75, 3.05) is 6.61 Å². The van der Waals surface area contributed by atoms with Gasteiger partial charge >= 0.3 is 10.4 Å². The minimum atomic E-state index is -4.35. The molecule has 0 spiro atoms. The van der Waals surface area contributed by atoms with Crippen LogP contribution in [0.5, 0.6) is 0 Å². The van der Waals surface area contributed by atoms with Gasteiger partial charge in [-0.3, -0.25) is 4.55 Å². The van der Waals surface area contributed by atoms with Crippen LogP contribution in [0.3, 0.4) is 0 Å². The van der Waals surface area contributed by atoms with Crippen LogP contribution < -0.4 is 0 Å². The molecule has 162 valence electrons. The minimum absolute atomic E-state index is 0.0438. The first-order chi connectivity index (χ1) is 13.0. The second-order valence-corrected chi connectivity index (χ2v) is 8.81. The molecule has 0 fully saturated rings. The van der Waals surface area contributed by atoms with Gasteiger partial charge in [-0.1, -0.05) is 109 Å². The topological polar surface area (TPSA) is 63.6 Å². The van der Waals surface area contributed by atoms with Crippen molar-refractivity contribution >= 4 is 10.4 Å². The molecule has 27 heavy (non-hydrogen) atoms. The lowest BCUT2D eigenvalue weighted by Crippen LogP contribution is -2.12. The predicted octanol–water partition coefficient (Wildman–Crippen LogP) is 7.26. The molecule has 0 rings (SSSR count). The quantitative estimate of drug-likeness (QED) is 0.132. The Kier molecular flexibility index (Phi) is 18.7. The number of unbranched alkanes of at least 4 members (excludes halogenated alkanes) is 13. The van der Waals surface area contributed by atoms with Crippen LogP contribution in [0.4, 0.5) is 0 Å². The molecule has 0 radical (unpaired) electrons. The molecule has 0 aromatic rings. The van der Waals surface area contributed by atoms with Crippen LogP contribution in [0.15, 0.2) is 12.2 Å². The number of allylic oxidation sites excluding steroid dienone is 1. The van der Waals surface area contributed by atoms with Crippen LogP contribution in [0.25, 0.3) is 0 Å². The maximum atomic E-state index is 10.8. The van der Waals surface area contributed by atoms with Crippen LogP contribution >= 0.6 is 0 Å². The Morgan fingerprint density at radius 3 is 1.78 bits per heavy atom. The maximum absolute atomic E-state index is 10.8. The maximum Gasteiger partial charge on any atom is 0.397 e. The SMILES string of the molecule is CCCCCCCCC/C=C/C(CCCCCCCCC)COS(=O)(=O)O. The largest absolute Gasteiger partial charge is 0.397 e. The zero-order chi connectivity index (χ0) is 20.2. The standard InChI is InChI=1S/C22H44O4S/c1-3-5-7-9-11-12-14-16-18-20-22(21-26-27(23,24)25)19-17-15-13-10-8-6-4-2/h18,20,22H,3-17,19,21H2,1-2H3,(H,23,24,25)/b20-18+. The summed E-state index contributed by atoms with van der Waals surface area (Å²) in [6.45, 7) is 4.50. The van der Waals surface area contributed by atoms with Gasteiger partial charge in [0.1, 0.15) is 0 Å². The van der Waals surface area contributed by atoms with E-state index in [1.54, 1.807) is 0 Å². The lowest BCUT2D eigenvalue weighted by atomic mass is 9.99. The van der Waals surface area contributed by atoms with E-state index in [1.807, 2.05) is 0 Å². The molecule has 0 aromatic heterocycles. The van der Waals surface area contributed by atoms with Crippen LogP contribution in [0.1, 0.15) is 117 Å². The second-order valence-electron chi connectivity index (χ2n) is 7.72. The van der Waals surface area contributed by atoms with E-state index in [0.717, 1.165) is 19.3 Å². The summed E-state index contributed by atoms with van der Waals surface area (Å²) in [7, 11) is -4.35. The highest BCUT2D eigenvalue weighted by Crippen LogP contribution is 2.16. The Balaban J connectivity index is 3.97. The van der Waals surface area contributed by atoms with Crippen molar-refractivity contribution in [3.63, 3.8) is 0 Å². The molecule has 0 aliphatic rings. The van der Waals surface area contributed by atoms with E-state index >= 15 is 0 Å². The molecule has 0 aliphatic carbocycles. The fourth-order valence-electron chi connectivity index (χ4n) is 3.28. The molecule has 0 aromatic carbocycles. The van der Waals surface area contributed by atoms with E-state index in [1.165, 1.54) is 83.5 Å². The van der Waals surface area contributed by atoms with Crippen molar-refractivity contribution < 1.29 is 17.2 Å². The number of rotatable bonds is 20. The summed E-state index contributed by atoms with van der Waals surface area (Å²) in [5.41, 5.74) is 0. The Labute approximate surface area is 169 Å². The summed E-state index contributed by atoms with van der Waals surface area (Å²) >= 11 is 0. The highest BCUT2D eigenvalue weighted by Gasteiger charge is 2.11. The van der Waals surface area contributed by atoms with Crippen LogP contribution in [0.2, 0.25) is 0 Å². The summed E-state index contributed by atoms with van der Waals surface area (Å²) in [6, 6.07) is 0. The average Bonchev–Trinajstić information content (AvgIpc) is 2.62. The van der Waals surface area contributed by atoms with Gasteiger partial charge in [-0.15, -0.1) is 0 Å². The third kappa shape index (κ3) is 21.8. The molecular weight excluding hydrogens is 360 g/mol. The molecule has 1 unspecified atom stereocenters. The Morgan fingerprint density at radius 2 is 1.26 bits per heavy atom. The first-order valence-electron chi connectivity index (χ1n) is 11.3.